The lowest BCUT2D eigenvalue weighted by atomic mass is 10.1. The minimum atomic E-state index is -0.327. The topological polar surface area (TPSA) is 70.7 Å². The van der Waals surface area contributed by atoms with Crippen LogP contribution in [-0.2, 0) is 0 Å². The molecule has 1 atom stereocenters. The molecule has 0 bridgehead atoms. The molecule has 1 aromatic carbocycles. The van der Waals surface area contributed by atoms with Crippen molar-refractivity contribution in [2.45, 2.75) is 19.9 Å². The highest BCUT2D eigenvalue weighted by molar-refractivity contribution is 6.31. The third kappa shape index (κ3) is 2.68. The first-order valence-electron chi connectivity index (χ1n) is 5.52. The Kier molecular flexibility index (Phi) is 3.62. The molecular formula is C12H13ClN4O. The standard InChI is InChI=1S/C12H13ClN4O/c1-7(9-5-3-4-6-10(9)13)14-12(18)11-15-8(2)16-17-11/h3-7H,1-2H3,(H,14,18)(H,15,16,17). The number of aromatic nitrogens is 3. The lowest BCUT2D eigenvalue weighted by molar-refractivity contribution is 0.0929. The third-order valence-corrected chi connectivity index (χ3v) is 2.86. The summed E-state index contributed by atoms with van der Waals surface area (Å²) in [5.74, 6) is 0.406. The fraction of sp³-hybridized carbons (Fsp3) is 0.250. The predicted molar refractivity (Wildman–Crippen MR) is 68.5 cm³/mol. The molecule has 18 heavy (non-hydrogen) atoms. The van der Waals surface area contributed by atoms with Crippen LogP contribution in [0.3, 0.4) is 0 Å². The molecule has 6 heteroatoms. The lowest BCUT2D eigenvalue weighted by Crippen LogP contribution is -2.27. The van der Waals surface area contributed by atoms with Crippen molar-refractivity contribution in [2.24, 2.45) is 0 Å². The van der Waals surface area contributed by atoms with Crippen molar-refractivity contribution in [1.29, 1.82) is 0 Å². The van der Waals surface area contributed by atoms with E-state index in [-0.39, 0.29) is 17.8 Å². The van der Waals surface area contributed by atoms with E-state index in [1.165, 1.54) is 0 Å². The Morgan fingerprint density at radius 2 is 2.17 bits per heavy atom. The van der Waals surface area contributed by atoms with Gasteiger partial charge in [-0.2, -0.15) is 0 Å². The highest BCUT2D eigenvalue weighted by Crippen LogP contribution is 2.22. The summed E-state index contributed by atoms with van der Waals surface area (Å²) in [5, 5.41) is 9.85. The Hall–Kier alpha value is -1.88. The summed E-state index contributed by atoms with van der Waals surface area (Å²) in [6.45, 7) is 3.60. The Bertz CT molecular complexity index is 567. The third-order valence-electron chi connectivity index (χ3n) is 2.52. The van der Waals surface area contributed by atoms with Gasteiger partial charge in [0.05, 0.1) is 6.04 Å². The van der Waals surface area contributed by atoms with Crippen LogP contribution in [0.5, 0.6) is 0 Å². The fourth-order valence-corrected chi connectivity index (χ4v) is 1.91. The zero-order valence-corrected chi connectivity index (χ0v) is 10.8. The van der Waals surface area contributed by atoms with Crippen LogP contribution in [0.15, 0.2) is 24.3 Å². The largest absolute Gasteiger partial charge is 0.343 e. The molecule has 94 valence electrons. The van der Waals surface area contributed by atoms with Crippen molar-refractivity contribution >= 4 is 17.5 Å². The Morgan fingerprint density at radius 3 is 2.78 bits per heavy atom. The summed E-state index contributed by atoms with van der Waals surface area (Å²) < 4.78 is 0. The number of amides is 1. The summed E-state index contributed by atoms with van der Waals surface area (Å²) in [6, 6.07) is 7.18. The molecule has 0 saturated heterocycles. The van der Waals surface area contributed by atoms with Crippen molar-refractivity contribution in [2.75, 3.05) is 0 Å². The number of benzene rings is 1. The number of nitrogens with one attached hydrogen (secondary N) is 2. The second-order valence-electron chi connectivity index (χ2n) is 3.96. The van der Waals surface area contributed by atoms with Crippen molar-refractivity contribution in [1.82, 2.24) is 20.5 Å². The molecular weight excluding hydrogens is 252 g/mol. The average molecular weight is 265 g/mol. The maximum absolute atomic E-state index is 11.9. The number of carbonyl (C=O) groups excluding carboxylic acids is 1. The zero-order chi connectivity index (χ0) is 13.1. The van der Waals surface area contributed by atoms with Gasteiger partial charge in [0.25, 0.3) is 5.91 Å². The van der Waals surface area contributed by atoms with Gasteiger partial charge in [-0.05, 0) is 25.5 Å². The molecule has 1 heterocycles. The molecule has 0 aliphatic rings. The molecule has 2 N–H and O–H groups in total. The van der Waals surface area contributed by atoms with Crippen LogP contribution in [0.2, 0.25) is 5.02 Å². The molecule has 0 saturated carbocycles. The van der Waals surface area contributed by atoms with Gasteiger partial charge >= 0.3 is 0 Å². The number of rotatable bonds is 3. The summed E-state index contributed by atoms with van der Waals surface area (Å²) >= 11 is 6.06. The number of aryl methyl sites for hydroxylation is 1. The van der Waals surface area contributed by atoms with E-state index in [1.807, 2.05) is 25.1 Å². The second-order valence-corrected chi connectivity index (χ2v) is 4.37. The SMILES string of the molecule is Cc1nc(C(=O)NC(C)c2ccccc2Cl)n[nH]1. The molecule has 1 amide bonds. The van der Waals surface area contributed by atoms with Crippen molar-refractivity contribution < 1.29 is 4.79 Å². The first-order chi connectivity index (χ1) is 8.58. The highest BCUT2D eigenvalue weighted by Gasteiger charge is 2.16. The maximum atomic E-state index is 11.9. The van der Waals surface area contributed by atoms with Crippen LogP contribution in [0, 0.1) is 6.92 Å². The van der Waals surface area contributed by atoms with E-state index < -0.39 is 0 Å². The van der Waals surface area contributed by atoms with E-state index in [1.54, 1.807) is 13.0 Å². The van der Waals surface area contributed by atoms with Crippen LogP contribution >= 0.6 is 11.6 Å². The van der Waals surface area contributed by atoms with Gasteiger partial charge in [-0.3, -0.25) is 9.89 Å². The lowest BCUT2D eigenvalue weighted by Gasteiger charge is -2.14. The molecule has 1 aromatic heterocycles. The molecule has 2 aromatic rings. The van der Waals surface area contributed by atoms with Gasteiger partial charge in [-0.1, -0.05) is 29.8 Å². The van der Waals surface area contributed by atoms with Crippen LogP contribution in [0.4, 0.5) is 0 Å². The molecule has 0 radical (unpaired) electrons. The Labute approximate surface area is 110 Å². The van der Waals surface area contributed by atoms with Gasteiger partial charge in [0, 0.05) is 5.02 Å². The van der Waals surface area contributed by atoms with E-state index in [0.29, 0.717) is 10.8 Å². The zero-order valence-electron chi connectivity index (χ0n) is 10.1. The molecule has 2 rings (SSSR count). The van der Waals surface area contributed by atoms with Crippen LogP contribution < -0.4 is 5.32 Å². The molecule has 1 unspecified atom stereocenters. The first-order valence-corrected chi connectivity index (χ1v) is 5.90. The van der Waals surface area contributed by atoms with E-state index in [4.69, 9.17) is 11.6 Å². The van der Waals surface area contributed by atoms with Gasteiger partial charge in [0.2, 0.25) is 5.82 Å². The summed E-state index contributed by atoms with van der Waals surface area (Å²) in [5.41, 5.74) is 0.861. The van der Waals surface area contributed by atoms with Gasteiger partial charge in [0.1, 0.15) is 5.82 Å². The Balaban J connectivity index is 2.10. The Morgan fingerprint density at radius 1 is 1.44 bits per heavy atom. The van der Waals surface area contributed by atoms with Crippen molar-refractivity contribution in [3.63, 3.8) is 0 Å². The van der Waals surface area contributed by atoms with Gasteiger partial charge in [-0.15, -0.1) is 5.10 Å². The smallest absolute Gasteiger partial charge is 0.291 e. The number of hydrogen-bond donors (Lipinski definition) is 2. The monoisotopic (exact) mass is 264 g/mol. The second kappa shape index (κ2) is 5.18. The normalized spacial score (nSPS) is 12.2. The van der Waals surface area contributed by atoms with E-state index >= 15 is 0 Å². The van der Waals surface area contributed by atoms with Crippen molar-refractivity contribution in [3.05, 3.63) is 46.5 Å². The van der Waals surface area contributed by atoms with Crippen LogP contribution in [0.25, 0.3) is 0 Å². The number of hydrogen-bond acceptors (Lipinski definition) is 3. The molecule has 0 aliphatic carbocycles. The number of nitrogens with zero attached hydrogens (tertiary/aromatic N) is 2. The molecule has 0 aliphatic heterocycles. The number of H-pyrrole nitrogens is 1. The average Bonchev–Trinajstić information content (AvgIpc) is 2.76. The quantitative estimate of drug-likeness (QED) is 0.893. The number of halogens is 1. The number of aromatic amines is 1. The van der Waals surface area contributed by atoms with E-state index in [9.17, 15) is 4.79 Å². The first kappa shape index (κ1) is 12.6. The minimum absolute atomic E-state index is 0.131. The molecule has 0 fully saturated rings. The van der Waals surface area contributed by atoms with Crippen LogP contribution in [0.1, 0.15) is 35.0 Å². The summed E-state index contributed by atoms with van der Waals surface area (Å²) in [6.07, 6.45) is 0. The van der Waals surface area contributed by atoms with Gasteiger partial charge in [0.15, 0.2) is 0 Å². The van der Waals surface area contributed by atoms with Gasteiger partial charge < -0.3 is 5.32 Å². The van der Waals surface area contributed by atoms with Gasteiger partial charge in [-0.25, -0.2) is 4.98 Å². The summed E-state index contributed by atoms with van der Waals surface area (Å²) in [4.78, 5) is 15.8. The molecule has 5 nitrogen and oxygen atoms in total. The minimum Gasteiger partial charge on any atom is -0.343 e. The summed E-state index contributed by atoms with van der Waals surface area (Å²) in [7, 11) is 0. The van der Waals surface area contributed by atoms with Crippen molar-refractivity contribution in [3.8, 4) is 0 Å². The maximum Gasteiger partial charge on any atom is 0.291 e. The number of carbonyl (C=O) groups is 1. The predicted octanol–water partition coefficient (Wildman–Crippen LogP) is 2.26. The van der Waals surface area contributed by atoms with E-state index in [0.717, 1.165) is 5.56 Å². The molecule has 0 spiro atoms. The van der Waals surface area contributed by atoms with Crippen LogP contribution in [-0.4, -0.2) is 21.1 Å². The highest BCUT2D eigenvalue weighted by atomic mass is 35.5. The van der Waals surface area contributed by atoms with E-state index in [2.05, 4.69) is 20.5 Å². The fourth-order valence-electron chi connectivity index (χ4n) is 1.61.